The van der Waals surface area contributed by atoms with Crippen molar-refractivity contribution in [3.63, 3.8) is 0 Å². The molecule has 1 rings (SSSR count). The highest BCUT2D eigenvalue weighted by atomic mass is 16.5. The molecule has 0 aliphatic rings. The second-order valence-corrected chi connectivity index (χ2v) is 3.68. The summed E-state index contributed by atoms with van der Waals surface area (Å²) in [5.74, 6) is 0.585. The molecule has 0 saturated carbocycles. The second kappa shape index (κ2) is 4.59. The molecular formula is C11H18N2O2. The predicted molar refractivity (Wildman–Crippen MR) is 58.9 cm³/mol. The Hall–Kier alpha value is -1.13. The maximum absolute atomic E-state index is 5.70. The van der Waals surface area contributed by atoms with Crippen molar-refractivity contribution in [2.45, 2.75) is 19.4 Å². The Morgan fingerprint density at radius 3 is 2.53 bits per heavy atom. The molecule has 0 aliphatic heterocycles. The van der Waals surface area contributed by atoms with Crippen molar-refractivity contribution in [2.24, 2.45) is 5.73 Å². The third kappa shape index (κ3) is 2.46. The number of aromatic nitrogens is 1. The lowest BCUT2D eigenvalue weighted by Crippen LogP contribution is -2.33. The first-order valence-electron chi connectivity index (χ1n) is 4.84. The number of nitrogens with zero attached hydrogens (tertiary/aromatic N) is 1. The molecule has 0 radical (unpaired) electrons. The topological polar surface area (TPSA) is 57.4 Å². The van der Waals surface area contributed by atoms with Crippen LogP contribution in [0.15, 0.2) is 12.1 Å². The zero-order chi connectivity index (χ0) is 11.5. The third-order valence-electron chi connectivity index (χ3n) is 2.59. The van der Waals surface area contributed by atoms with Crippen LogP contribution in [0.25, 0.3) is 0 Å². The van der Waals surface area contributed by atoms with Gasteiger partial charge < -0.3 is 15.2 Å². The molecule has 15 heavy (non-hydrogen) atoms. The molecule has 1 aromatic heterocycles. The van der Waals surface area contributed by atoms with Gasteiger partial charge in [-0.2, -0.15) is 0 Å². The van der Waals surface area contributed by atoms with Crippen LogP contribution in [0, 0.1) is 6.92 Å². The molecule has 1 heterocycles. The second-order valence-electron chi connectivity index (χ2n) is 3.68. The van der Waals surface area contributed by atoms with Crippen molar-refractivity contribution >= 4 is 0 Å². The van der Waals surface area contributed by atoms with Crippen LogP contribution in [0.5, 0.6) is 5.88 Å². The van der Waals surface area contributed by atoms with Crippen molar-refractivity contribution in [1.29, 1.82) is 0 Å². The summed E-state index contributed by atoms with van der Waals surface area (Å²) in [4.78, 5) is 4.22. The van der Waals surface area contributed by atoms with E-state index in [0.717, 1.165) is 11.3 Å². The molecule has 0 fully saturated rings. The highest BCUT2D eigenvalue weighted by Gasteiger charge is 2.25. The summed E-state index contributed by atoms with van der Waals surface area (Å²) in [6.45, 7) is 4.27. The van der Waals surface area contributed by atoms with Gasteiger partial charge >= 0.3 is 0 Å². The van der Waals surface area contributed by atoms with Crippen LogP contribution in [-0.2, 0) is 10.3 Å². The van der Waals surface area contributed by atoms with Gasteiger partial charge in [-0.25, -0.2) is 4.98 Å². The Kier molecular flexibility index (Phi) is 3.66. The van der Waals surface area contributed by atoms with Crippen LogP contribution in [0.1, 0.15) is 18.2 Å². The molecule has 1 aromatic rings. The molecule has 1 atom stereocenters. The Labute approximate surface area is 90.4 Å². The number of hydrogen-bond acceptors (Lipinski definition) is 4. The zero-order valence-electron chi connectivity index (χ0n) is 9.70. The SMILES string of the molecule is COc1cc(C(C)(CN)OC)cc(C)n1. The minimum Gasteiger partial charge on any atom is -0.481 e. The van der Waals surface area contributed by atoms with E-state index < -0.39 is 5.60 Å². The Morgan fingerprint density at radius 1 is 1.40 bits per heavy atom. The standard InChI is InChI=1S/C11H18N2O2/c1-8-5-9(6-10(13-8)14-3)11(2,7-12)15-4/h5-6H,7,12H2,1-4H3. The molecule has 84 valence electrons. The van der Waals surface area contributed by atoms with E-state index in [9.17, 15) is 0 Å². The molecule has 0 aliphatic carbocycles. The molecular weight excluding hydrogens is 192 g/mol. The highest BCUT2D eigenvalue weighted by molar-refractivity contribution is 5.29. The van der Waals surface area contributed by atoms with Gasteiger partial charge in [0.05, 0.1) is 7.11 Å². The smallest absolute Gasteiger partial charge is 0.213 e. The van der Waals surface area contributed by atoms with Crippen molar-refractivity contribution < 1.29 is 9.47 Å². The van der Waals surface area contributed by atoms with E-state index in [1.165, 1.54) is 0 Å². The quantitative estimate of drug-likeness (QED) is 0.811. The van der Waals surface area contributed by atoms with Gasteiger partial charge in [0.25, 0.3) is 0 Å². The molecule has 0 bridgehead atoms. The van der Waals surface area contributed by atoms with E-state index in [0.29, 0.717) is 12.4 Å². The summed E-state index contributed by atoms with van der Waals surface area (Å²) in [6, 6.07) is 3.81. The lowest BCUT2D eigenvalue weighted by atomic mass is 9.96. The average molecular weight is 210 g/mol. The number of nitrogens with two attached hydrogens (primary N) is 1. The summed E-state index contributed by atoms with van der Waals surface area (Å²) < 4.78 is 10.5. The van der Waals surface area contributed by atoms with Gasteiger partial charge in [0.1, 0.15) is 5.60 Å². The van der Waals surface area contributed by atoms with Crippen LogP contribution in [0.3, 0.4) is 0 Å². The first-order chi connectivity index (χ1) is 7.05. The molecule has 0 spiro atoms. The Balaban J connectivity index is 3.18. The van der Waals surface area contributed by atoms with Crippen molar-refractivity contribution in [2.75, 3.05) is 20.8 Å². The Morgan fingerprint density at radius 2 is 2.07 bits per heavy atom. The number of ether oxygens (including phenoxy) is 2. The van der Waals surface area contributed by atoms with E-state index in [1.54, 1.807) is 14.2 Å². The molecule has 4 heteroatoms. The fourth-order valence-electron chi connectivity index (χ4n) is 1.37. The predicted octanol–water partition coefficient (Wildman–Crippen LogP) is 1.22. The lowest BCUT2D eigenvalue weighted by Gasteiger charge is -2.27. The normalized spacial score (nSPS) is 14.7. The summed E-state index contributed by atoms with van der Waals surface area (Å²) in [5, 5.41) is 0. The van der Waals surface area contributed by atoms with Gasteiger partial charge in [-0.3, -0.25) is 0 Å². The van der Waals surface area contributed by atoms with Gasteiger partial charge in [-0.15, -0.1) is 0 Å². The summed E-state index contributed by atoms with van der Waals surface area (Å²) in [5.41, 5.74) is 7.09. The fourth-order valence-corrected chi connectivity index (χ4v) is 1.37. The van der Waals surface area contributed by atoms with Gasteiger partial charge in [0.15, 0.2) is 0 Å². The maximum Gasteiger partial charge on any atom is 0.213 e. The summed E-state index contributed by atoms with van der Waals surface area (Å²) in [6.07, 6.45) is 0. The van der Waals surface area contributed by atoms with Crippen LogP contribution in [0.4, 0.5) is 0 Å². The zero-order valence-corrected chi connectivity index (χ0v) is 9.70. The van der Waals surface area contributed by atoms with Gasteiger partial charge in [-0.05, 0) is 25.5 Å². The van der Waals surface area contributed by atoms with Crippen LogP contribution in [-0.4, -0.2) is 25.7 Å². The largest absolute Gasteiger partial charge is 0.481 e. The van der Waals surface area contributed by atoms with Crippen LogP contribution < -0.4 is 10.5 Å². The average Bonchev–Trinajstić information content (AvgIpc) is 2.27. The first kappa shape index (κ1) is 11.9. The van der Waals surface area contributed by atoms with Gasteiger partial charge in [0.2, 0.25) is 5.88 Å². The van der Waals surface area contributed by atoms with Gasteiger partial charge in [-0.1, -0.05) is 0 Å². The fraction of sp³-hybridized carbons (Fsp3) is 0.545. The lowest BCUT2D eigenvalue weighted by molar-refractivity contribution is 0.00977. The number of rotatable bonds is 4. The molecule has 4 nitrogen and oxygen atoms in total. The molecule has 0 saturated heterocycles. The van der Waals surface area contributed by atoms with E-state index in [4.69, 9.17) is 15.2 Å². The van der Waals surface area contributed by atoms with E-state index in [2.05, 4.69) is 4.98 Å². The number of aryl methyl sites for hydroxylation is 1. The van der Waals surface area contributed by atoms with Crippen molar-refractivity contribution in [1.82, 2.24) is 4.98 Å². The molecule has 2 N–H and O–H groups in total. The first-order valence-corrected chi connectivity index (χ1v) is 4.84. The van der Waals surface area contributed by atoms with Crippen LogP contribution >= 0.6 is 0 Å². The van der Waals surface area contributed by atoms with Crippen molar-refractivity contribution in [3.05, 3.63) is 23.4 Å². The number of pyridine rings is 1. The van der Waals surface area contributed by atoms with E-state index in [1.807, 2.05) is 26.0 Å². The summed E-state index contributed by atoms with van der Waals surface area (Å²) >= 11 is 0. The van der Waals surface area contributed by atoms with E-state index in [-0.39, 0.29) is 0 Å². The molecule has 0 aromatic carbocycles. The monoisotopic (exact) mass is 210 g/mol. The number of methoxy groups -OCH3 is 2. The molecule has 0 amide bonds. The maximum atomic E-state index is 5.70. The number of hydrogen-bond donors (Lipinski definition) is 1. The summed E-state index contributed by atoms with van der Waals surface area (Å²) in [7, 11) is 3.24. The van der Waals surface area contributed by atoms with E-state index >= 15 is 0 Å². The highest BCUT2D eigenvalue weighted by Crippen LogP contribution is 2.26. The third-order valence-corrected chi connectivity index (χ3v) is 2.59. The van der Waals surface area contributed by atoms with Crippen molar-refractivity contribution in [3.8, 4) is 5.88 Å². The van der Waals surface area contributed by atoms with Gasteiger partial charge in [0, 0.05) is 25.4 Å². The minimum atomic E-state index is -0.485. The molecule has 1 unspecified atom stereocenters. The van der Waals surface area contributed by atoms with Crippen LogP contribution in [0.2, 0.25) is 0 Å². The Bertz CT molecular complexity index is 335. The minimum absolute atomic E-state index is 0.413.